The first-order valence-electron chi connectivity index (χ1n) is 8.36. The maximum absolute atomic E-state index is 12.5. The van der Waals surface area contributed by atoms with Crippen LogP contribution in [0.1, 0.15) is 24.2 Å². The summed E-state index contributed by atoms with van der Waals surface area (Å²) >= 11 is 0. The van der Waals surface area contributed by atoms with Gasteiger partial charge in [-0.2, -0.15) is 0 Å². The van der Waals surface area contributed by atoms with Crippen LogP contribution in [0.25, 0.3) is 0 Å². The predicted octanol–water partition coefficient (Wildman–Crippen LogP) is 2.18. The average molecular weight is 442 g/mol. The number of halogens is 1. The van der Waals surface area contributed by atoms with Crippen molar-refractivity contribution < 1.29 is 9.41 Å². The summed E-state index contributed by atoms with van der Waals surface area (Å²) in [5, 5.41) is 11.0. The van der Waals surface area contributed by atoms with E-state index >= 15 is 0 Å². The van der Waals surface area contributed by atoms with E-state index in [0.29, 0.717) is 23.3 Å². The van der Waals surface area contributed by atoms with Gasteiger partial charge in [0.2, 0.25) is 0 Å². The minimum Gasteiger partial charge on any atom is -0.323 e. The van der Waals surface area contributed by atoms with E-state index in [9.17, 15) is 19.7 Å². The van der Waals surface area contributed by atoms with Gasteiger partial charge < -0.3 is 4.48 Å². The highest BCUT2D eigenvalue weighted by Gasteiger charge is 2.24. The molecule has 1 aromatic carbocycles. The molecule has 0 N–H and O–H groups in total. The fraction of sp³-hybridized carbons (Fsp3) is 0.444. The Balaban J connectivity index is 0.00000364. The molecule has 0 saturated heterocycles. The summed E-state index contributed by atoms with van der Waals surface area (Å²) in [6.45, 7) is 4.90. The average Bonchev–Trinajstić information content (AvgIpc) is 2.51. The monoisotopic (exact) mass is 441 g/mol. The molecule has 0 aliphatic rings. The quantitative estimate of drug-likeness (QED) is 0.390. The van der Waals surface area contributed by atoms with E-state index in [1.807, 2.05) is 27.1 Å². The SMILES string of the molecule is Br.Cc1cc(=O)n(C)c(=O)n1C(C)C[N+](C)(C)Cc1cccc([N+](=O)[O-])c1. The van der Waals surface area contributed by atoms with Gasteiger partial charge in [0.15, 0.2) is 0 Å². The first-order chi connectivity index (χ1) is 12.0. The molecular formula is C18H26BrN4O4+. The van der Waals surface area contributed by atoms with Crippen molar-refractivity contribution in [1.29, 1.82) is 0 Å². The lowest BCUT2D eigenvalue weighted by Crippen LogP contribution is -2.47. The van der Waals surface area contributed by atoms with Gasteiger partial charge in [0, 0.05) is 36.5 Å². The van der Waals surface area contributed by atoms with Gasteiger partial charge in [-0.1, -0.05) is 12.1 Å². The second kappa shape index (κ2) is 8.62. The van der Waals surface area contributed by atoms with Crippen LogP contribution in [-0.2, 0) is 13.6 Å². The van der Waals surface area contributed by atoms with Gasteiger partial charge in [-0.15, -0.1) is 17.0 Å². The van der Waals surface area contributed by atoms with Crippen molar-refractivity contribution in [2.75, 3.05) is 20.6 Å². The number of aryl methyl sites for hydroxylation is 1. The Hall–Kier alpha value is -2.26. The first-order valence-corrected chi connectivity index (χ1v) is 8.36. The Kier molecular flexibility index (Phi) is 7.27. The standard InChI is InChI=1S/C18H25N4O4.BrH/c1-13-9-17(23)19(3)18(24)20(13)14(2)11-22(4,5)12-15-7-6-8-16(10-15)21(25)26;/h6-10,14H,11-12H2,1-5H3;1H/q+1;. The van der Waals surface area contributed by atoms with Crippen molar-refractivity contribution in [2.45, 2.75) is 26.4 Å². The summed E-state index contributed by atoms with van der Waals surface area (Å²) in [4.78, 5) is 34.7. The fourth-order valence-electron chi connectivity index (χ4n) is 3.41. The second-order valence-electron chi connectivity index (χ2n) is 7.39. The van der Waals surface area contributed by atoms with Crippen molar-refractivity contribution in [1.82, 2.24) is 9.13 Å². The lowest BCUT2D eigenvalue weighted by molar-refractivity contribution is -0.905. The van der Waals surface area contributed by atoms with Crippen LogP contribution in [0, 0.1) is 17.0 Å². The molecule has 0 saturated carbocycles. The van der Waals surface area contributed by atoms with Gasteiger partial charge in [-0.25, -0.2) is 4.79 Å². The van der Waals surface area contributed by atoms with Crippen LogP contribution < -0.4 is 11.2 Å². The molecule has 2 aromatic rings. The number of nitrogens with zero attached hydrogens (tertiary/aromatic N) is 4. The molecule has 1 aromatic heterocycles. The van der Waals surface area contributed by atoms with Crippen molar-refractivity contribution in [3.05, 3.63) is 72.5 Å². The zero-order valence-corrected chi connectivity index (χ0v) is 17.9. The van der Waals surface area contributed by atoms with Crippen LogP contribution in [0.5, 0.6) is 0 Å². The third-order valence-corrected chi connectivity index (χ3v) is 4.47. The molecule has 0 fully saturated rings. The summed E-state index contributed by atoms with van der Waals surface area (Å²) < 4.78 is 3.26. The summed E-state index contributed by atoms with van der Waals surface area (Å²) in [6, 6.07) is 7.91. The smallest absolute Gasteiger partial charge is 0.323 e. The number of hydrogen-bond acceptors (Lipinski definition) is 4. The molecule has 0 amide bonds. The van der Waals surface area contributed by atoms with Crippen LogP contribution in [0.4, 0.5) is 5.69 Å². The zero-order chi connectivity index (χ0) is 19.6. The zero-order valence-electron chi connectivity index (χ0n) is 16.2. The number of non-ortho nitro benzene ring substituents is 1. The van der Waals surface area contributed by atoms with Crippen LogP contribution in [0.3, 0.4) is 0 Å². The van der Waals surface area contributed by atoms with Crippen LogP contribution in [0.2, 0.25) is 0 Å². The fourth-order valence-corrected chi connectivity index (χ4v) is 3.41. The highest BCUT2D eigenvalue weighted by Crippen LogP contribution is 2.19. The van der Waals surface area contributed by atoms with Crippen molar-refractivity contribution in [3.8, 4) is 0 Å². The number of rotatable bonds is 6. The summed E-state index contributed by atoms with van der Waals surface area (Å²) in [7, 11) is 5.49. The Bertz CT molecular complexity index is 949. The van der Waals surface area contributed by atoms with Gasteiger partial charge in [0.25, 0.3) is 11.2 Å². The lowest BCUT2D eigenvalue weighted by atomic mass is 10.1. The van der Waals surface area contributed by atoms with E-state index in [1.54, 1.807) is 23.6 Å². The highest BCUT2D eigenvalue weighted by atomic mass is 79.9. The molecule has 27 heavy (non-hydrogen) atoms. The maximum atomic E-state index is 12.5. The van der Waals surface area contributed by atoms with Gasteiger partial charge in [0.05, 0.1) is 31.6 Å². The molecule has 9 heteroatoms. The first kappa shape index (κ1) is 22.8. The van der Waals surface area contributed by atoms with E-state index in [0.717, 1.165) is 10.1 Å². The van der Waals surface area contributed by atoms with Crippen LogP contribution in [0.15, 0.2) is 39.9 Å². The number of nitro groups is 1. The molecule has 2 rings (SSSR count). The molecule has 0 bridgehead atoms. The molecule has 0 aliphatic heterocycles. The molecular weight excluding hydrogens is 416 g/mol. The molecule has 8 nitrogen and oxygen atoms in total. The van der Waals surface area contributed by atoms with Gasteiger partial charge >= 0.3 is 5.69 Å². The van der Waals surface area contributed by atoms with Crippen molar-refractivity contribution in [3.63, 3.8) is 0 Å². The highest BCUT2D eigenvalue weighted by molar-refractivity contribution is 8.93. The van der Waals surface area contributed by atoms with Crippen molar-refractivity contribution in [2.24, 2.45) is 7.05 Å². The van der Waals surface area contributed by atoms with E-state index in [2.05, 4.69) is 0 Å². The summed E-state index contributed by atoms with van der Waals surface area (Å²) in [5.74, 6) is 0. The van der Waals surface area contributed by atoms with Crippen molar-refractivity contribution >= 4 is 22.7 Å². The molecule has 1 unspecified atom stereocenters. The van der Waals surface area contributed by atoms with Gasteiger partial charge in [-0.3, -0.25) is 24.0 Å². The molecule has 1 heterocycles. The second-order valence-corrected chi connectivity index (χ2v) is 7.39. The van der Waals surface area contributed by atoms with E-state index in [1.165, 1.54) is 19.2 Å². The Morgan fingerprint density at radius 2 is 1.85 bits per heavy atom. The largest absolute Gasteiger partial charge is 0.331 e. The van der Waals surface area contributed by atoms with E-state index in [4.69, 9.17) is 0 Å². The molecule has 0 radical (unpaired) electrons. The van der Waals surface area contributed by atoms with Crippen LogP contribution >= 0.6 is 17.0 Å². The van der Waals surface area contributed by atoms with Crippen LogP contribution in [-0.4, -0.2) is 39.2 Å². The number of nitro benzene ring substituents is 1. The third-order valence-electron chi connectivity index (χ3n) is 4.47. The lowest BCUT2D eigenvalue weighted by Gasteiger charge is -2.33. The molecule has 1 atom stereocenters. The number of aromatic nitrogens is 2. The molecule has 0 aliphatic carbocycles. The Morgan fingerprint density at radius 3 is 2.44 bits per heavy atom. The topological polar surface area (TPSA) is 87.1 Å². The minimum absolute atomic E-state index is 0. The van der Waals surface area contributed by atoms with Gasteiger partial charge in [0.1, 0.15) is 6.54 Å². The third kappa shape index (κ3) is 5.36. The molecule has 148 valence electrons. The maximum Gasteiger partial charge on any atom is 0.331 e. The predicted molar refractivity (Wildman–Crippen MR) is 109 cm³/mol. The number of hydrogen-bond donors (Lipinski definition) is 0. The number of quaternary nitrogens is 1. The Morgan fingerprint density at radius 1 is 1.22 bits per heavy atom. The van der Waals surface area contributed by atoms with Gasteiger partial charge in [-0.05, 0) is 13.8 Å². The van der Waals surface area contributed by atoms with E-state index in [-0.39, 0.29) is 40.0 Å². The number of likely N-dealkylation sites (N-methyl/N-ethyl adjacent to an activating group) is 1. The normalized spacial score (nSPS) is 12.3. The number of benzene rings is 1. The summed E-state index contributed by atoms with van der Waals surface area (Å²) in [5.41, 5.74) is 0.904. The van der Waals surface area contributed by atoms with E-state index < -0.39 is 4.92 Å². The summed E-state index contributed by atoms with van der Waals surface area (Å²) in [6.07, 6.45) is 0. The molecule has 0 spiro atoms. The minimum atomic E-state index is -0.403. The Labute approximate surface area is 168 Å².